The van der Waals surface area contributed by atoms with Gasteiger partial charge in [0.25, 0.3) is 5.91 Å². The summed E-state index contributed by atoms with van der Waals surface area (Å²) in [5.41, 5.74) is 3.54. The quantitative estimate of drug-likeness (QED) is 0.263. The molecule has 1 saturated heterocycles. The summed E-state index contributed by atoms with van der Waals surface area (Å²) in [5.74, 6) is 0.959. The molecule has 1 aromatic carbocycles. The van der Waals surface area contributed by atoms with Crippen LogP contribution >= 0.6 is 0 Å². The number of aromatic nitrogens is 5. The lowest BCUT2D eigenvalue weighted by atomic mass is 10.1. The number of hydrogen-bond acceptors (Lipinski definition) is 8. The number of rotatable bonds is 9. The van der Waals surface area contributed by atoms with E-state index in [9.17, 15) is 15.0 Å². The Morgan fingerprint density at radius 1 is 1.08 bits per heavy atom. The Labute approximate surface area is 218 Å². The van der Waals surface area contributed by atoms with Crippen molar-refractivity contribution in [3.05, 3.63) is 48.7 Å². The van der Waals surface area contributed by atoms with Crippen molar-refractivity contribution >= 4 is 33.8 Å². The van der Waals surface area contributed by atoms with Crippen LogP contribution in [-0.2, 0) is 22.5 Å². The van der Waals surface area contributed by atoms with E-state index in [-0.39, 0.29) is 6.04 Å². The maximum Gasteiger partial charge on any atom is 0.252 e. The fraction of sp³-hybridized carbons (Fsp3) is 0.481. The predicted octanol–water partition coefficient (Wildman–Crippen LogP) is 1.74. The molecule has 0 radical (unpaired) electrons. The Hall–Kier alpha value is -3.54. The van der Waals surface area contributed by atoms with Crippen molar-refractivity contribution in [3.63, 3.8) is 0 Å². The van der Waals surface area contributed by atoms with Gasteiger partial charge in [0.15, 0.2) is 29.3 Å². The van der Waals surface area contributed by atoms with E-state index in [1.807, 2.05) is 0 Å². The number of imidazole rings is 1. The van der Waals surface area contributed by atoms with Crippen molar-refractivity contribution < 1.29 is 19.7 Å². The molecule has 4 N–H and O–H groups in total. The van der Waals surface area contributed by atoms with E-state index >= 15 is 0 Å². The molecule has 11 nitrogen and oxygen atoms in total. The number of benzene rings is 1. The number of nitrogens with zero attached hydrogens (tertiary/aromatic N) is 5. The minimum absolute atomic E-state index is 0.125. The number of amides is 1. The molecule has 4 aromatic rings. The Balaban J connectivity index is 1.07. The second kappa shape index (κ2) is 9.33. The van der Waals surface area contributed by atoms with Crippen LogP contribution in [0.2, 0.25) is 0 Å². The number of carbonyl (C=O) groups is 1. The van der Waals surface area contributed by atoms with Gasteiger partial charge in [-0.1, -0.05) is 18.2 Å². The summed E-state index contributed by atoms with van der Waals surface area (Å²) in [6.07, 6.45) is 5.68. The van der Waals surface area contributed by atoms with Crippen molar-refractivity contribution in [1.82, 2.24) is 29.4 Å². The number of ether oxygens (including phenoxy) is 1. The molecule has 4 atom stereocenters. The van der Waals surface area contributed by atoms with Crippen LogP contribution in [0.5, 0.6) is 0 Å². The summed E-state index contributed by atoms with van der Waals surface area (Å²) >= 11 is 0. The third kappa shape index (κ3) is 4.30. The molecule has 11 heteroatoms. The highest BCUT2D eigenvalue weighted by Gasteiger charge is 2.48. The molecule has 0 bridgehead atoms. The van der Waals surface area contributed by atoms with Crippen molar-refractivity contribution in [2.45, 2.75) is 69.2 Å². The molecule has 4 heterocycles. The van der Waals surface area contributed by atoms with Crippen molar-refractivity contribution in [1.29, 1.82) is 0 Å². The number of fused-ring (bicyclic) bond motifs is 2. The van der Waals surface area contributed by atoms with Crippen LogP contribution in [0.3, 0.4) is 0 Å². The highest BCUT2D eigenvalue weighted by Crippen LogP contribution is 2.34. The highest BCUT2D eigenvalue weighted by molar-refractivity contribution is 5.85. The monoisotopic (exact) mass is 517 g/mol. The number of aliphatic hydroxyl groups excluding tert-OH is 2. The molecule has 0 spiro atoms. The molecule has 3 fully saturated rings. The zero-order chi connectivity index (χ0) is 25.8. The van der Waals surface area contributed by atoms with Gasteiger partial charge in [-0.3, -0.25) is 9.36 Å². The zero-order valence-corrected chi connectivity index (χ0v) is 20.9. The smallest absolute Gasteiger partial charge is 0.252 e. The SMILES string of the molecule is O=C(NC1CC1)C1OC(n2cnc3c(NCCc4cn(CC5CC5)c5ccccc45)ncnc32)C(O)C1O. The van der Waals surface area contributed by atoms with Gasteiger partial charge < -0.3 is 30.2 Å². The van der Waals surface area contributed by atoms with E-state index < -0.39 is 30.4 Å². The number of carbonyl (C=O) groups excluding carboxylic acids is 1. The molecule has 198 valence electrons. The van der Waals surface area contributed by atoms with Gasteiger partial charge in [0.2, 0.25) is 0 Å². The molecule has 4 unspecified atom stereocenters. The van der Waals surface area contributed by atoms with Crippen LogP contribution in [0.1, 0.15) is 37.5 Å². The Morgan fingerprint density at radius 2 is 1.92 bits per heavy atom. The molecular formula is C27H31N7O4. The third-order valence-corrected chi connectivity index (χ3v) is 7.76. The number of aliphatic hydroxyl groups is 2. The lowest BCUT2D eigenvalue weighted by Crippen LogP contribution is -2.43. The Bertz CT molecular complexity index is 1490. The number of hydrogen-bond donors (Lipinski definition) is 4. The van der Waals surface area contributed by atoms with Gasteiger partial charge in [-0.2, -0.15) is 0 Å². The second-order valence-corrected chi connectivity index (χ2v) is 10.7. The average molecular weight is 518 g/mol. The van der Waals surface area contributed by atoms with Crippen LogP contribution in [0, 0.1) is 5.92 Å². The molecule has 2 aliphatic carbocycles. The third-order valence-electron chi connectivity index (χ3n) is 7.76. The molecule has 2 saturated carbocycles. The first-order valence-electron chi connectivity index (χ1n) is 13.4. The number of anilines is 1. The summed E-state index contributed by atoms with van der Waals surface area (Å²) in [6.45, 7) is 1.73. The van der Waals surface area contributed by atoms with E-state index in [0.717, 1.165) is 31.7 Å². The first kappa shape index (κ1) is 23.6. The van der Waals surface area contributed by atoms with Crippen LogP contribution < -0.4 is 10.6 Å². The number of para-hydroxylation sites is 1. The van der Waals surface area contributed by atoms with Crippen LogP contribution in [0.25, 0.3) is 22.1 Å². The standard InChI is InChI=1S/C27H31N7O4/c35-21-22(36)27(38-23(21)26(37)32-17-7-8-17)34-14-31-20-24(29-13-30-25(20)34)28-10-9-16-12-33(11-15-5-6-15)19-4-2-1-3-18(16)19/h1-4,12-15,17,21-23,27,35-36H,5-11H2,(H,32,37)(H,28,29,30). The van der Waals surface area contributed by atoms with Crippen molar-refractivity contribution in [2.24, 2.45) is 5.92 Å². The fourth-order valence-electron chi connectivity index (χ4n) is 5.35. The van der Waals surface area contributed by atoms with Crippen LogP contribution in [-0.4, -0.2) is 71.1 Å². The average Bonchev–Trinajstić information content (AvgIpc) is 3.83. The maximum absolute atomic E-state index is 12.5. The Morgan fingerprint density at radius 3 is 2.74 bits per heavy atom. The molecule has 38 heavy (non-hydrogen) atoms. The van der Waals surface area contributed by atoms with E-state index in [1.54, 1.807) is 4.57 Å². The van der Waals surface area contributed by atoms with Gasteiger partial charge in [-0.15, -0.1) is 0 Å². The first-order valence-corrected chi connectivity index (χ1v) is 13.4. The molecule has 3 aliphatic rings. The summed E-state index contributed by atoms with van der Waals surface area (Å²) in [4.78, 5) is 25.7. The first-order chi connectivity index (χ1) is 18.6. The van der Waals surface area contributed by atoms with Crippen LogP contribution in [0.4, 0.5) is 5.82 Å². The van der Waals surface area contributed by atoms with Gasteiger partial charge >= 0.3 is 0 Å². The predicted molar refractivity (Wildman–Crippen MR) is 139 cm³/mol. The van der Waals surface area contributed by atoms with Gasteiger partial charge in [0.1, 0.15) is 18.5 Å². The lowest BCUT2D eigenvalue weighted by Gasteiger charge is -2.16. The molecule has 3 aromatic heterocycles. The fourth-order valence-corrected chi connectivity index (χ4v) is 5.35. The highest BCUT2D eigenvalue weighted by atomic mass is 16.6. The molecule has 7 rings (SSSR count). The minimum atomic E-state index is -1.35. The van der Waals surface area contributed by atoms with Gasteiger partial charge in [-0.05, 0) is 49.7 Å². The largest absolute Gasteiger partial charge is 0.387 e. The maximum atomic E-state index is 12.5. The van der Waals surface area contributed by atoms with Gasteiger partial charge in [0, 0.05) is 36.2 Å². The van der Waals surface area contributed by atoms with E-state index in [1.165, 1.54) is 42.0 Å². The van der Waals surface area contributed by atoms with Gasteiger partial charge in [0.05, 0.1) is 6.33 Å². The minimum Gasteiger partial charge on any atom is -0.387 e. The zero-order valence-electron chi connectivity index (χ0n) is 20.9. The van der Waals surface area contributed by atoms with E-state index in [2.05, 4.69) is 60.6 Å². The normalized spacial score (nSPS) is 25.3. The second-order valence-electron chi connectivity index (χ2n) is 10.7. The summed E-state index contributed by atoms with van der Waals surface area (Å²) in [6, 6.07) is 8.66. The molecular weight excluding hydrogens is 486 g/mol. The molecule has 1 aliphatic heterocycles. The Kier molecular flexibility index (Phi) is 5.79. The lowest BCUT2D eigenvalue weighted by molar-refractivity contribution is -0.137. The molecule has 1 amide bonds. The van der Waals surface area contributed by atoms with Gasteiger partial charge in [-0.25, -0.2) is 15.0 Å². The summed E-state index contributed by atoms with van der Waals surface area (Å²) in [7, 11) is 0. The summed E-state index contributed by atoms with van der Waals surface area (Å²) in [5, 5.41) is 28.7. The van der Waals surface area contributed by atoms with Crippen molar-refractivity contribution in [3.8, 4) is 0 Å². The summed E-state index contributed by atoms with van der Waals surface area (Å²) < 4.78 is 9.74. The van der Waals surface area contributed by atoms with E-state index in [4.69, 9.17) is 4.74 Å². The van der Waals surface area contributed by atoms with E-state index in [0.29, 0.717) is 23.5 Å². The topological polar surface area (TPSA) is 139 Å². The van der Waals surface area contributed by atoms with Crippen LogP contribution in [0.15, 0.2) is 43.1 Å². The van der Waals surface area contributed by atoms with Crippen molar-refractivity contribution in [2.75, 3.05) is 11.9 Å². The number of nitrogens with one attached hydrogen (secondary N) is 2.